The van der Waals surface area contributed by atoms with Gasteiger partial charge in [0.15, 0.2) is 5.69 Å². The average Bonchev–Trinajstić information content (AvgIpc) is 2.82. The van der Waals surface area contributed by atoms with E-state index in [4.69, 9.17) is 10.2 Å². The van der Waals surface area contributed by atoms with Crippen LogP contribution in [0.4, 0.5) is 0 Å². The lowest BCUT2D eigenvalue weighted by molar-refractivity contribution is 0.0953. The molecule has 1 atom stereocenters. The largest absolute Gasteiger partial charge is 0.446 e. The molecule has 0 saturated carbocycles. The number of amides is 1. The number of aromatic nitrogens is 1. The number of hydrogen-bond donors (Lipinski definition) is 2. The molecule has 0 aliphatic carbocycles. The summed E-state index contributed by atoms with van der Waals surface area (Å²) >= 11 is 0. The summed E-state index contributed by atoms with van der Waals surface area (Å²) in [4.78, 5) is 15.6. The fourth-order valence-electron chi connectivity index (χ4n) is 1.37. The zero-order valence-corrected chi connectivity index (χ0v) is 10.1. The van der Waals surface area contributed by atoms with Crippen molar-refractivity contribution >= 4 is 5.91 Å². The summed E-state index contributed by atoms with van der Waals surface area (Å²) in [5.41, 5.74) is 6.15. The van der Waals surface area contributed by atoms with E-state index in [1.54, 1.807) is 6.08 Å². The Kier molecular flexibility index (Phi) is 5.42. The molecule has 1 aromatic rings. The van der Waals surface area contributed by atoms with E-state index in [1.807, 2.05) is 0 Å². The first kappa shape index (κ1) is 13.4. The molecular formula is C12H19N3O2. The van der Waals surface area contributed by atoms with Crippen LogP contribution in [0.1, 0.15) is 48.6 Å². The number of hydrogen-bond acceptors (Lipinski definition) is 4. The van der Waals surface area contributed by atoms with Gasteiger partial charge in [-0.1, -0.05) is 25.8 Å². The Hall–Kier alpha value is -1.62. The van der Waals surface area contributed by atoms with E-state index in [0.29, 0.717) is 12.4 Å². The van der Waals surface area contributed by atoms with Gasteiger partial charge in [-0.3, -0.25) is 4.79 Å². The van der Waals surface area contributed by atoms with Crippen molar-refractivity contribution in [1.29, 1.82) is 0 Å². The van der Waals surface area contributed by atoms with Gasteiger partial charge in [-0.15, -0.1) is 6.58 Å². The van der Waals surface area contributed by atoms with Crippen LogP contribution in [0.2, 0.25) is 0 Å². The predicted octanol–water partition coefficient (Wildman–Crippen LogP) is 1.78. The molecule has 0 aliphatic heterocycles. The smallest absolute Gasteiger partial charge is 0.273 e. The second-order valence-electron chi connectivity index (χ2n) is 3.82. The van der Waals surface area contributed by atoms with Crippen molar-refractivity contribution in [2.75, 3.05) is 6.54 Å². The van der Waals surface area contributed by atoms with Crippen molar-refractivity contribution in [1.82, 2.24) is 10.3 Å². The summed E-state index contributed by atoms with van der Waals surface area (Å²) in [5, 5.41) is 2.62. The molecule has 1 rings (SSSR count). The fraction of sp³-hybridized carbons (Fsp3) is 0.500. The molecule has 0 fully saturated rings. The highest BCUT2D eigenvalue weighted by molar-refractivity contribution is 5.91. The zero-order chi connectivity index (χ0) is 12.7. The first-order valence-electron chi connectivity index (χ1n) is 5.79. The van der Waals surface area contributed by atoms with Crippen LogP contribution < -0.4 is 11.1 Å². The van der Waals surface area contributed by atoms with Crippen LogP contribution in [-0.4, -0.2) is 17.4 Å². The Balaban J connectivity index is 2.57. The monoisotopic (exact) mass is 237 g/mol. The fourth-order valence-corrected chi connectivity index (χ4v) is 1.37. The Morgan fingerprint density at radius 3 is 3.18 bits per heavy atom. The topological polar surface area (TPSA) is 81.2 Å². The van der Waals surface area contributed by atoms with Gasteiger partial charge in [-0.05, 0) is 6.42 Å². The Bertz CT molecular complexity index is 374. The van der Waals surface area contributed by atoms with Crippen LogP contribution in [0.5, 0.6) is 0 Å². The molecule has 5 heteroatoms. The molecule has 1 amide bonds. The lowest BCUT2D eigenvalue weighted by Crippen LogP contribution is -2.23. The highest BCUT2D eigenvalue weighted by Crippen LogP contribution is 2.16. The highest BCUT2D eigenvalue weighted by Gasteiger charge is 2.15. The number of carbonyl (C=O) groups excluding carboxylic acids is 1. The molecule has 0 spiro atoms. The molecule has 0 bridgehead atoms. The third-order valence-corrected chi connectivity index (χ3v) is 2.35. The standard InChI is InChI=1S/C12H19N3O2/c1-3-5-6-9(13)12-15-10(8-17-12)11(16)14-7-4-2/h4,8-9H,2-3,5-7,13H2,1H3,(H,14,16). The maximum absolute atomic E-state index is 11.5. The van der Waals surface area contributed by atoms with Gasteiger partial charge in [0.25, 0.3) is 5.91 Å². The van der Waals surface area contributed by atoms with Crippen LogP contribution in [0, 0.1) is 0 Å². The van der Waals surface area contributed by atoms with Crippen molar-refractivity contribution in [3.05, 3.63) is 30.5 Å². The Morgan fingerprint density at radius 1 is 1.76 bits per heavy atom. The number of carbonyl (C=O) groups is 1. The molecular weight excluding hydrogens is 218 g/mol. The average molecular weight is 237 g/mol. The minimum Gasteiger partial charge on any atom is -0.446 e. The maximum Gasteiger partial charge on any atom is 0.273 e. The first-order chi connectivity index (χ1) is 8.19. The summed E-state index contributed by atoms with van der Waals surface area (Å²) in [6, 6.07) is -0.240. The molecule has 0 radical (unpaired) electrons. The summed E-state index contributed by atoms with van der Waals surface area (Å²) in [7, 11) is 0. The summed E-state index contributed by atoms with van der Waals surface area (Å²) in [5.74, 6) is 0.143. The van der Waals surface area contributed by atoms with E-state index in [1.165, 1.54) is 6.26 Å². The third kappa shape index (κ3) is 4.03. The van der Waals surface area contributed by atoms with E-state index in [0.717, 1.165) is 19.3 Å². The van der Waals surface area contributed by atoms with Crippen LogP contribution in [0.15, 0.2) is 23.3 Å². The van der Waals surface area contributed by atoms with E-state index < -0.39 is 0 Å². The number of rotatable bonds is 7. The summed E-state index contributed by atoms with van der Waals surface area (Å²) < 4.78 is 5.20. The van der Waals surface area contributed by atoms with Crippen molar-refractivity contribution in [3.8, 4) is 0 Å². The molecule has 0 aliphatic rings. The van der Waals surface area contributed by atoms with E-state index in [2.05, 4.69) is 23.8 Å². The maximum atomic E-state index is 11.5. The van der Waals surface area contributed by atoms with Gasteiger partial charge in [-0.25, -0.2) is 4.98 Å². The molecule has 1 aromatic heterocycles. The number of oxazole rings is 1. The number of unbranched alkanes of at least 4 members (excludes halogenated alkanes) is 1. The van der Waals surface area contributed by atoms with Crippen LogP contribution >= 0.6 is 0 Å². The molecule has 1 unspecified atom stereocenters. The van der Waals surface area contributed by atoms with Gasteiger partial charge >= 0.3 is 0 Å². The summed E-state index contributed by atoms with van der Waals surface area (Å²) in [6.07, 6.45) is 5.83. The number of nitrogens with one attached hydrogen (secondary N) is 1. The van der Waals surface area contributed by atoms with Crippen molar-refractivity contribution in [2.45, 2.75) is 32.2 Å². The van der Waals surface area contributed by atoms with Gasteiger partial charge < -0.3 is 15.5 Å². The van der Waals surface area contributed by atoms with Gasteiger partial charge in [0, 0.05) is 6.54 Å². The Labute approximate surface area is 101 Å². The first-order valence-corrected chi connectivity index (χ1v) is 5.79. The third-order valence-electron chi connectivity index (χ3n) is 2.35. The molecule has 17 heavy (non-hydrogen) atoms. The molecule has 5 nitrogen and oxygen atoms in total. The van der Waals surface area contributed by atoms with Gasteiger partial charge in [0.05, 0.1) is 6.04 Å². The molecule has 0 aromatic carbocycles. The quantitative estimate of drug-likeness (QED) is 0.708. The van der Waals surface area contributed by atoms with Crippen LogP contribution in [0.25, 0.3) is 0 Å². The molecule has 0 saturated heterocycles. The van der Waals surface area contributed by atoms with Gasteiger partial charge in [0.2, 0.25) is 5.89 Å². The van der Waals surface area contributed by atoms with Gasteiger partial charge in [0.1, 0.15) is 6.26 Å². The minimum absolute atomic E-state index is 0.240. The van der Waals surface area contributed by atoms with Crippen molar-refractivity contribution in [2.24, 2.45) is 5.73 Å². The van der Waals surface area contributed by atoms with E-state index >= 15 is 0 Å². The lowest BCUT2D eigenvalue weighted by Gasteiger charge is -2.04. The SMILES string of the molecule is C=CCNC(=O)c1coc(C(N)CCCC)n1. The second-order valence-corrected chi connectivity index (χ2v) is 3.82. The van der Waals surface area contributed by atoms with Crippen molar-refractivity contribution in [3.63, 3.8) is 0 Å². The molecule has 94 valence electrons. The highest BCUT2D eigenvalue weighted by atomic mass is 16.3. The van der Waals surface area contributed by atoms with Crippen LogP contribution in [-0.2, 0) is 0 Å². The van der Waals surface area contributed by atoms with E-state index in [9.17, 15) is 4.79 Å². The predicted molar refractivity (Wildman–Crippen MR) is 65.5 cm³/mol. The molecule has 1 heterocycles. The van der Waals surface area contributed by atoms with Crippen LogP contribution in [0.3, 0.4) is 0 Å². The zero-order valence-electron chi connectivity index (χ0n) is 10.1. The lowest BCUT2D eigenvalue weighted by atomic mass is 10.1. The minimum atomic E-state index is -0.275. The summed E-state index contributed by atoms with van der Waals surface area (Å²) in [6.45, 7) is 6.01. The number of nitrogens with zero attached hydrogens (tertiary/aromatic N) is 1. The normalized spacial score (nSPS) is 12.1. The van der Waals surface area contributed by atoms with E-state index in [-0.39, 0.29) is 17.6 Å². The number of nitrogens with two attached hydrogens (primary N) is 1. The van der Waals surface area contributed by atoms with Crippen molar-refractivity contribution < 1.29 is 9.21 Å². The molecule has 3 N–H and O–H groups in total. The Morgan fingerprint density at radius 2 is 2.53 bits per heavy atom. The second kappa shape index (κ2) is 6.85. The van der Waals surface area contributed by atoms with Gasteiger partial charge in [-0.2, -0.15) is 0 Å².